The van der Waals surface area contributed by atoms with Gasteiger partial charge in [0.2, 0.25) is 0 Å². The number of hydroxylamine groups is 1. The van der Waals surface area contributed by atoms with E-state index in [9.17, 15) is 14.7 Å². The Hall–Kier alpha value is -2.08. The molecule has 0 saturated heterocycles. The first-order valence-electron chi connectivity index (χ1n) is 4.68. The van der Waals surface area contributed by atoms with Gasteiger partial charge in [0.1, 0.15) is 5.75 Å². The van der Waals surface area contributed by atoms with Crippen molar-refractivity contribution in [3.63, 3.8) is 0 Å². The number of amides is 1. The highest BCUT2D eigenvalue weighted by atomic mass is 16.6. The molecule has 94 valence electrons. The molecule has 1 aromatic carbocycles. The number of hydrogen-bond acceptors (Lipinski definition) is 5. The van der Waals surface area contributed by atoms with Crippen molar-refractivity contribution in [2.24, 2.45) is 0 Å². The van der Waals surface area contributed by atoms with Gasteiger partial charge in [0.05, 0.1) is 19.8 Å². The van der Waals surface area contributed by atoms with Crippen LogP contribution in [-0.4, -0.2) is 31.2 Å². The second-order valence-electron chi connectivity index (χ2n) is 2.85. The number of ether oxygens (including phenoxy) is 1. The van der Waals surface area contributed by atoms with Gasteiger partial charge in [-0.1, -0.05) is 12.1 Å². The van der Waals surface area contributed by atoms with Gasteiger partial charge in [-0.25, -0.2) is 5.48 Å². The Morgan fingerprint density at radius 2 is 1.76 bits per heavy atom. The topological polar surface area (TPSA) is 84.9 Å². The molecule has 0 aromatic heterocycles. The summed E-state index contributed by atoms with van der Waals surface area (Å²) in [6, 6.07) is 6.23. The average molecular weight is 241 g/mol. The quantitative estimate of drug-likeness (QED) is 0.592. The van der Waals surface area contributed by atoms with Gasteiger partial charge in [-0.15, -0.1) is 0 Å². The highest BCUT2D eigenvalue weighted by Crippen LogP contribution is 2.14. The van der Waals surface area contributed by atoms with Crippen LogP contribution in [0, 0.1) is 0 Å². The van der Waals surface area contributed by atoms with E-state index in [0.29, 0.717) is 0 Å². The summed E-state index contributed by atoms with van der Waals surface area (Å²) in [6.07, 6.45) is 0. The second-order valence-corrected chi connectivity index (χ2v) is 2.85. The maximum Gasteiger partial charge on any atom is 0.302 e. The third-order valence-corrected chi connectivity index (χ3v) is 1.63. The van der Waals surface area contributed by atoms with E-state index in [1.807, 2.05) is 0 Å². The van der Waals surface area contributed by atoms with Gasteiger partial charge >= 0.3 is 5.97 Å². The SMILES string of the molecule is COC(C)=O.CONC(=O)c1ccccc1O. The maximum absolute atomic E-state index is 11.1. The lowest BCUT2D eigenvalue weighted by Crippen LogP contribution is -2.21. The number of rotatable bonds is 2. The van der Waals surface area contributed by atoms with E-state index < -0.39 is 5.91 Å². The van der Waals surface area contributed by atoms with Crippen LogP contribution >= 0.6 is 0 Å². The number of phenols is 1. The Kier molecular flexibility index (Phi) is 7.12. The number of aromatic hydroxyl groups is 1. The molecule has 0 bridgehead atoms. The molecule has 0 spiro atoms. The lowest BCUT2D eigenvalue weighted by Gasteiger charge is -2.02. The van der Waals surface area contributed by atoms with Crippen molar-refractivity contribution in [2.75, 3.05) is 14.2 Å². The van der Waals surface area contributed by atoms with E-state index in [1.54, 1.807) is 12.1 Å². The molecule has 1 rings (SSSR count). The number of benzene rings is 1. The molecule has 0 fully saturated rings. The molecule has 0 aliphatic rings. The standard InChI is InChI=1S/C8H9NO3.C3H6O2/c1-12-9-8(11)6-4-2-3-5-7(6)10;1-3(4)5-2/h2-5,10H,1H3,(H,9,11);1-2H3. The molecule has 0 atom stereocenters. The van der Waals surface area contributed by atoms with E-state index in [1.165, 1.54) is 33.3 Å². The monoisotopic (exact) mass is 241 g/mol. The van der Waals surface area contributed by atoms with Crippen LogP contribution in [0.5, 0.6) is 5.75 Å². The molecule has 6 heteroatoms. The number of phenolic OH excluding ortho intramolecular Hbond substituents is 1. The van der Waals surface area contributed by atoms with Gasteiger partial charge in [-0.2, -0.15) is 0 Å². The van der Waals surface area contributed by atoms with E-state index in [2.05, 4.69) is 15.1 Å². The number of carbonyl (C=O) groups excluding carboxylic acids is 2. The smallest absolute Gasteiger partial charge is 0.302 e. The van der Waals surface area contributed by atoms with Crippen LogP contribution in [0.3, 0.4) is 0 Å². The van der Waals surface area contributed by atoms with Crippen molar-refractivity contribution in [3.8, 4) is 5.75 Å². The fraction of sp³-hybridized carbons (Fsp3) is 0.273. The fourth-order valence-electron chi connectivity index (χ4n) is 0.813. The number of methoxy groups -OCH3 is 1. The van der Waals surface area contributed by atoms with Crippen molar-refractivity contribution < 1.29 is 24.3 Å². The molecule has 0 radical (unpaired) electrons. The van der Waals surface area contributed by atoms with Crippen LogP contribution in [0.2, 0.25) is 0 Å². The van der Waals surface area contributed by atoms with Crippen LogP contribution < -0.4 is 5.48 Å². The van der Waals surface area contributed by atoms with Crippen LogP contribution in [0.25, 0.3) is 0 Å². The predicted molar refractivity (Wildman–Crippen MR) is 60.3 cm³/mol. The zero-order valence-electron chi connectivity index (χ0n) is 9.89. The first-order valence-corrected chi connectivity index (χ1v) is 4.68. The normalized spacial score (nSPS) is 8.65. The minimum absolute atomic E-state index is 0.0629. The molecule has 1 aromatic rings. The van der Waals surface area contributed by atoms with Crippen molar-refractivity contribution in [3.05, 3.63) is 29.8 Å². The molecule has 6 nitrogen and oxygen atoms in total. The van der Waals surface area contributed by atoms with Crippen molar-refractivity contribution in [1.29, 1.82) is 0 Å². The Morgan fingerprint density at radius 1 is 1.24 bits per heavy atom. The van der Waals surface area contributed by atoms with Gasteiger partial charge in [0.15, 0.2) is 0 Å². The third kappa shape index (κ3) is 6.16. The molecular weight excluding hydrogens is 226 g/mol. The molecule has 0 heterocycles. The lowest BCUT2D eigenvalue weighted by molar-refractivity contribution is -0.137. The Morgan fingerprint density at radius 3 is 2.18 bits per heavy atom. The molecule has 0 aliphatic heterocycles. The van der Waals surface area contributed by atoms with Gasteiger partial charge in [-0.05, 0) is 12.1 Å². The van der Waals surface area contributed by atoms with E-state index in [4.69, 9.17) is 0 Å². The first-order chi connectivity index (χ1) is 8.02. The average Bonchev–Trinajstić information content (AvgIpc) is 2.30. The summed E-state index contributed by atoms with van der Waals surface area (Å²) in [5, 5.41) is 9.19. The number of para-hydroxylation sites is 1. The van der Waals surface area contributed by atoms with Gasteiger partial charge in [-0.3, -0.25) is 14.4 Å². The summed E-state index contributed by atoms with van der Waals surface area (Å²) in [5.74, 6) is -0.771. The van der Waals surface area contributed by atoms with Gasteiger partial charge < -0.3 is 9.84 Å². The van der Waals surface area contributed by atoms with E-state index in [0.717, 1.165) is 0 Å². The van der Waals surface area contributed by atoms with Crippen LogP contribution in [0.15, 0.2) is 24.3 Å². The Labute approximate surface area is 99.1 Å². The van der Waals surface area contributed by atoms with Crippen molar-refractivity contribution in [2.45, 2.75) is 6.92 Å². The molecule has 2 N–H and O–H groups in total. The number of carbonyl (C=O) groups is 2. The summed E-state index contributed by atoms with van der Waals surface area (Å²) >= 11 is 0. The van der Waals surface area contributed by atoms with Gasteiger partial charge in [0, 0.05) is 6.92 Å². The number of esters is 1. The summed E-state index contributed by atoms with van der Waals surface area (Å²) in [6.45, 7) is 1.36. The third-order valence-electron chi connectivity index (χ3n) is 1.63. The Bertz CT molecular complexity index is 378. The zero-order valence-corrected chi connectivity index (χ0v) is 9.89. The fourth-order valence-corrected chi connectivity index (χ4v) is 0.813. The summed E-state index contributed by atoms with van der Waals surface area (Å²) in [5.41, 5.74) is 2.30. The largest absolute Gasteiger partial charge is 0.507 e. The second kappa shape index (κ2) is 8.12. The maximum atomic E-state index is 11.1. The number of hydrogen-bond donors (Lipinski definition) is 2. The highest BCUT2D eigenvalue weighted by molar-refractivity contribution is 5.96. The lowest BCUT2D eigenvalue weighted by atomic mass is 10.2. The Balaban J connectivity index is 0.000000437. The molecular formula is C11H15NO5. The van der Waals surface area contributed by atoms with Gasteiger partial charge in [0.25, 0.3) is 5.91 Å². The molecule has 0 unspecified atom stereocenters. The minimum Gasteiger partial charge on any atom is -0.507 e. The van der Waals surface area contributed by atoms with E-state index >= 15 is 0 Å². The molecule has 1 amide bonds. The molecule has 0 aliphatic carbocycles. The summed E-state index contributed by atoms with van der Waals surface area (Å²) in [4.78, 5) is 25.1. The molecule has 0 saturated carbocycles. The predicted octanol–water partition coefficient (Wildman–Crippen LogP) is 0.863. The summed E-state index contributed by atoms with van der Waals surface area (Å²) in [7, 11) is 2.68. The minimum atomic E-state index is -0.462. The van der Waals surface area contributed by atoms with Crippen LogP contribution in [-0.2, 0) is 14.4 Å². The summed E-state index contributed by atoms with van der Waals surface area (Å²) < 4.78 is 4.11. The van der Waals surface area contributed by atoms with Crippen molar-refractivity contribution in [1.82, 2.24) is 5.48 Å². The number of nitrogens with one attached hydrogen (secondary N) is 1. The zero-order chi connectivity index (χ0) is 13.3. The first kappa shape index (κ1) is 14.9. The van der Waals surface area contributed by atoms with Crippen LogP contribution in [0.1, 0.15) is 17.3 Å². The molecule has 17 heavy (non-hydrogen) atoms. The van der Waals surface area contributed by atoms with E-state index in [-0.39, 0.29) is 17.3 Å². The van der Waals surface area contributed by atoms with Crippen LogP contribution in [0.4, 0.5) is 0 Å². The highest BCUT2D eigenvalue weighted by Gasteiger charge is 2.08. The van der Waals surface area contributed by atoms with Crippen molar-refractivity contribution >= 4 is 11.9 Å².